The van der Waals surface area contributed by atoms with Crippen LogP contribution in [0.4, 0.5) is 15.8 Å². The Labute approximate surface area is 215 Å². The highest BCUT2D eigenvalue weighted by Crippen LogP contribution is 2.40. The third kappa shape index (κ3) is 4.99. The van der Waals surface area contributed by atoms with Crippen LogP contribution < -0.4 is 10.5 Å². The summed E-state index contributed by atoms with van der Waals surface area (Å²) in [7, 11) is -2.91. The first kappa shape index (κ1) is 26.1. The summed E-state index contributed by atoms with van der Waals surface area (Å²) in [5.41, 5.74) is 1.97. The van der Waals surface area contributed by atoms with Gasteiger partial charge in [0.1, 0.15) is 11.5 Å². The Morgan fingerprint density at radius 1 is 1.05 bits per heavy atom. The van der Waals surface area contributed by atoms with Gasteiger partial charge in [-0.15, -0.1) is 0 Å². The number of anilines is 2. The highest BCUT2D eigenvalue weighted by atomic mass is 32.2. The van der Waals surface area contributed by atoms with Crippen molar-refractivity contribution >= 4 is 21.2 Å². The lowest BCUT2D eigenvalue weighted by atomic mass is 10.1. The van der Waals surface area contributed by atoms with Gasteiger partial charge in [-0.3, -0.25) is 9.78 Å². The Bertz CT molecular complexity index is 1600. The second kappa shape index (κ2) is 10.6. The zero-order valence-electron chi connectivity index (χ0n) is 20.8. The topological polar surface area (TPSA) is 103 Å². The van der Waals surface area contributed by atoms with Gasteiger partial charge in [0, 0.05) is 30.2 Å². The Morgan fingerprint density at radius 2 is 1.76 bits per heavy atom. The molecule has 37 heavy (non-hydrogen) atoms. The van der Waals surface area contributed by atoms with Crippen molar-refractivity contribution < 1.29 is 17.9 Å². The zero-order chi connectivity index (χ0) is 26.7. The van der Waals surface area contributed by atoms with Gasteiger partial charge in [0.15, 0.2) is 10.6 Å². The van der Waals surface area contributed by atoms with Gasteiger partial charge in [-0.2, -0.15) is 0 Å². The molecule has 4 rings (SSSR count). The number of para-hydroxylation sites is 1. The monoisotopic (exact) mass is 521 g/mol. The van der Waals surface area contributed by atoms with Crippen molar-refractivity contribution in [2.75, 3.05) is 11.9 Å². The molecular formula is C28H28FN3O4S. The summed E-state index contributed by atoms with van der Waals surface area (Å²) in [6, 6.07) is 15.6. The fourth-order valence-corrected chi connectivity index (χ4v) is 5.70. The number of sulfone groups is 1. The SMILES string of the molecule is CCCCc1[nH]c(=O)c(S(=O)(=O)c2ccc(-c3cccnc3C)cc2)c(O)c1N(C)c1ccccc1F. The lowest BCUT2D eigenvalue weighted by molar-refractivity contribution is 0.455. The van der Waals surface area contributed by atoms with Gasteiger partial charge in [0.05, 0.1) is 10.6 Å². The number of hydrogen-bond donors (Lipinski definition) is 2. The maximum Gasteiger partial charge on any atom is 0.271 e. The molecule has 0 aliphatic carbocycles. The van der Waals surface area contributed by atoms with Crippen LogP contribution in [0, 0.1) is 12.7 Å². The summed E-state index contributed by atoms with van der Waals surface area (Å²) in [6.45, 7) is 3.82. The van der Waals surface area contributed by atoms with Gasteiger partial charge < -0.3 is 15.0 Å². The number of aromatic hydroxyl groups is 1. The number of H-pyrrole nitrogens is 1. The van der Waals surface area contributed by atoms with E-state index in [9.17, 15) is 22.7 Å². The van der Waals surface area contributed by atoms with Crippen molar-refractivity contribution in [2.24, 2.45) is 0 Å². The number of nitrogens with zero attached hydrogens (tertiary/aromatic N) is 2. The highest BCUT2D eigenvalue weighted by molar-refractivity contribution is 7.91. The number of hydrogen-bond acceptors (Lipinski definition) is 6. The molecule has 0 saturated heterocycles. The summed E-state index contributed by atoms with van der Waals surface area (Å²) < 4.78 is 41.8. The molecule has 2 aromatic carbocycles. The van der Waals surface area contributed by atoms with Gasteiger partial charge in [0.25, 0.3) is 5.56 Å². The summed E-state index contributed by atoms with van der Waals surface area (Å²) in [5, 5.41) is 11.3. The highest BCUT2D eigenvalue weighted by Gasteiger charge is 2.31. The van der Waals surface area contributed by atoms with Gasteiger partial charge in [-0.1, -0.05) is 43.7 Å². The van der Waals surface area contributed by atoms with Crippen molar-refractivity contribution in [3.8, 4) is 16.9 Å². The minimum atomic E-state index is -4.42. The molecule has 0 fully saturated rings. The molecule has 0 unspecified atom stereocenters. The fourth-order valence-electron chi connectivity index (χ4n) is 4.32. The summed E-state index contributed by atoms with van der Waals surface area (Å²) in [5.74, 6) is -1.27. The van der Waals surface area contributed by atoms with Gasteiger partial charge in [-0.05, 0) is 55.7 Å². The van der Waals surface area contributed by atoms with Gasteiger partial charge in [0.2, 0.25) is 9.84 Å². The van der Waals surface area contributed by atoms with Crippen LogP contribution in [-0.4, -0.2) is 30.5 Å². The fraction of sp³-hybridized carbons (Fsp3) is 0.214. The quantitative estimate of drug-likeness (QED) is 0.316. The summed E-state index contributed by atoms with van der Waals surface area (Å²) in [4.78, 5) is 20.4. The van der Waals surface area contributed by atoms with Crippen molar-refractivity contribution in [3.05, 3.63) is 94.4 Å². The average Bonchev–Trinajstić information content (AvgIpc) is 2.87. The second-order valence-corrected chi connectivity index (χ2v) is 10.6. The van der Waals surface area contributed by atoms with Crippen LogP contribution in [0.1, 0.15) is 31.2 Å². The molecule has 0 spiro atoms. The first-order valence-electron chi connectivity index (χ1n) is 11.9. The van der Waals surface area contributed by atoms with Crippen molar-refractivity contribution in [2.45, 2.75) is 42.9 Å². The Hall–Kier alpha value is -3.98. The lowest BCUT2D eigenvalue weighted by Gasteiger charge is -2.25. The number of unbranched alkanes of at least 4 members (excludes halogenated alkanes) is 1. The average molecular weight is 522 g/mol. The Balaban J connectivity index is 1.86. The standard InChI is InChI=1S/C28H28FN3O4S/c1-4-5-11-23-25(32(3)24-12-7-6-10-22(24)29)26(33)27(28(34)31-23)37(35,36)20-15-13-19(14-16-20)21-9-8-17-30-18(21)2/h6-10,12-17H,4-5,11H2,1-3H3,(H2,31,33,34). The van der Waals surface area contributed by atoms with E-state index >= 15 is 0 Å². The van der Waals surface area contributed by atoms with E-state index in [0.29, 0.717) is 18.5 Å². The largest absolute Gasteiger partial charge is 0.504 e. The van der Waals surface area contributed by atoms with Crippen LogP contribution in [0.5, 0.6) is 5.75 Å². The van der Waals surface area contributed by atoms with Gasteiger partial charge >= 0.3 is 0 Å². The molecule has 192 valence electrons. The number of pyridine rings is 2. The van der Waals surface area contributed by atoms with Gasteiger partial charge in [-0.25, -0.2) is 12.8 Å². The van der Waals surface area contributed by atoms with E-state index in [1.165, 1.54) is 42.3 Å². The molecule has 2 aromatic heterocycles. The smallest absolute Gasteiger partial charge is 0.271 e. The zero-order valence-corrected chi connectivity index (χ0v) is 21.6. The lowest BCUT2D eigenvalue weighted by Crippen LogP contribution is -2.24. The maximum absolute atomic E-state index is 14.6. The number of rotatable bonds is 8. The van der Waals surface area contributed by atoms with E-state index in [1.807, 2.05) is 19.9 Å². The summed E-state index contributed by atoms with van der Waals surface area (Å²) >= 11 is 0. The molecule has 0 radical (unpaired) electrons. The third-order valence-electron chi connectivity index (χ3n) is 6.28. The van der Waals surface area contributed by atoms with Crippen LogP contribution >= 0.6 is 0 Å². The number of aromatic amines is 1. The number of benzene rings is 2. The van der Waals surface area contributed by atoms with E-state index in [4.69, 9.17) is 0 Å². The maximum atomic E-state index is 14.6. The second-order valence-electron chi connectivity index (χ2n) is 8.74. The molecule has 0 amide bonds. The molecule has 0 saturated carbocycles. The molecule has 0 aliphatic rings. The third-order valence-corrected chi connectivity index (χ3v) is 8.09. The van der Waals surface area contributed by atoms with Crippen molar-refractivity contribution in [3.63, 3.8) is 0 Å². The molecule has 0 bridgehead atoms. The first-order valence-corrected chi connectivity index (χ1v) is 13.4. The molecule has 0 atom stereocenters. The minimum Gasteiger partial charge on any atom is -0.504 e. The summed E-state index contributed by atoms with van der Waals surface area (Å²) in [6.07, 6.45) is 3.52. The van der Waals surface area contributed by atoms with E-state index in [2.05, 4.69) is 9.97 Å². The molecular weight excluding hydrogens is 493 g/mol. The van der Waals surface area contributed by atoms with Crippen LogP contribution in [0.25, 0.3) is 11.1 Å². The van der Waals surface area contributed by atoms with Crippen LogP contribution in [-0.2, 0) is 16.3 Å². The van der Waals surface area contributed by atoms with Crippen LogP contribution in [0.2, 0.25) is 0 Å². The molecule has 7 nitrogen and oxygen atoms in total. The Kier molecular flexibility index (Phi) is 7.45. The van der Waals surface area contributed by atoms with Crippen LogP contribution in [0.15, 0.2) is 81.4 Å². The normalized spacial score (nSPS) is 11.5. The van der Waals surface area contributed by atoms with E-state index < -0.39 is 31.9 Å². The number of nitrogens with one attached hydrogen (secondary N) is 1. The predicted molar refractivity (Wildman–Crippen MR) is 142 cm³/mol. The number of aromatic nitrogens is 2. The first-order chi connectivity index (χ1) is 17.7. The minimum absolute atomic E-state index is 0.0410. The molecule has 4 aromatic rings. The molecule has 0 aliphatic heterocycles. The molecule has 2 heterocycles. The molecule has 9 heteroatoms. The predicted octanol–water partition coefficient (Wildman–Crippen LogP) is 5.53. The van der Waals surface area contributed by atoms with E-state index in [0.717, 1.165) is 23.2 Å². The van der Waals surface area contributed by atoms with Crippen molar-refractivity contribution in [1.29, 1.82) is 0 Å². The van der Waals surface area contributed by atoms with Crippen LogP contribution in [0.3, 0.4) is 0 Å². The van der Waals surface area contributed by atoms with E-state index in [-0.39, 0.29) is 16.3 Å². The number of halogens is 1. The van der Waals surface area contributed by atoms with E-state index in [1.54, 1.807) is 30.5 Å². The molecule has 2 N–H and O–H groups in total. The Morgan fingerprint density at radius 3 is 2.41 bits per heavy atom. The van der Waals surface area contributed by atoms with Crippen molar-refractivity contribution in [1.82, 2.24) is 9.97 Å². The number of aryl methyl sites for hydroxylation is 2.